The number of urea groups is 1. The number of hydrogen-bond acceptors (Lipinski definition) is 3. The maximum atomic E-state index is 14.0. The zero-order valence-electron chi connectivity index (χ0n) is 11.6. The summed E-state index contributed by atoms with van der Waals surface area (Å²) in [4.78, 5) is 37.2. The van der Waals surface area contributed by atoms with E-state index in [0.717, 1.165) is 6.07 Å². The summed E-state index contributed by atoms with van der Waals surface area (Å²) in [6.07, 6.45) is 0.431. The predicted octanol–water partition coefficient (Wildman–Crippen LogP) is 2.87. The van der Waals surface area contributed by atoms with Gasteiger partial charge in [-0.25, -0.2) is 14.1 Å². The molecule has 1 aromatic rings. The first-order chi connectivity index (χ1) is 9.87. The van der Waals surface area contributed by atoms with Crippen molar-refractivity contribution in [3.8, 4) is 0 Å². The highest BCUT2D eigenvalue weighted by Gasteiger charge is 2.52. The zero-order valence-corrected chi connectivity index (χ0v) is 12.3. The fourth-order valence-corrected chi connectivity index (χ4v) is 2.59. The van der Waals surface area contributed by atoms with Gasteiger partial charge in [-0.2, -0.15) is 0 Å². The Bertz CT molecular complexity index is 629. The molecule has 0 aromatic heterocycles. The first-order valence-corrected chi connectivity index (χ1v) is 6.90. The highest BCUT2D eigenvalue weighted by molar-refractivity contribution is 6.31. The Kier molecular flexibility index (Phi) is 4.00. The third-order valence-corrected chi connectivity index (χ3v) is 4.06. The first kappa shape index (κ1) is 15.4. The van der Waals surface area contributed by atoms with Crippen LogP contribution < -0.4 is 10.2 Å². The monoisotopic (exact) mass is 312 g/mol. The molecule has 0 spiro atoms. The maximum absolute atomic E-state index is 14.0. The van der Waals surface area contributed by atoms with E-state index in [0.29, 0.717) is 4.90 Å². The van der Waals surface area contributed by atoms with Crippen LogP contribution in [0.5, 0.6) is 0 Å². The molecule has 0 atom stereocenters. The molecule has 1 fully saturated rings. The van der Waals surface area contributed by atoms with Gasteiger partial charge in [0, 0.05) is 5.02 Å². The third kappa shape index (κ3) is 2.29. The van der Waals surface area contributed by atoms with Crippen molar-refractivity contribution in [2.75, 3.05) is 4.90 Å². The minimum Gasteiger partial charge on any atom is -0.276 e. The summed E-state index contributed by atoms with van der Waals surface area (Å²) in [6, 6.07) is 2.66. The van der Waals surface area contributed by atoms with Crippen LogP contribution in [0.15, 0.2) is 18.2 Å². The molecule has 1 aromatic carbocycles. The number of nitrogens with zero attached hydrogens (tertiary/aromatic N) is 1. The summed E-state index contributed by atoms with van der Waals surface area (Å²) in [5.74, 6) is -2.17. The van der Waals surface area contributed by atoms with E-state index in [4.69, 9.17) is 11.6 Å². The van der Waals surface area contributed by atoms with Crippen molar-refractivity contribution >= 4 is 35.1 Å². The second kappa shape index (κ2) is 5.44. The summed E-state index contributed by atoms with van der Waals surface area (Å²) < 4.78 is 14.0. The Morgan fingerprint density at radius 2 is 1.86 bits per heavy atom. The largest absolute Gasteiger partial charge is 0.335 e. The van der Waals surface area contributed by atoms with Gasteiger partial charge >= 0.3 is 6.03 Å². The van der Waals surface area contributed by atoms with Crippen molar-refractivity contribution in [2.45, 2.75) is 26.7 Å². The third-order valence-electron chi connectivity index (χ3n) is 3.83. The molecule has 21 heavy (non-hydrogen) atoms. The van der Waals surface area contributed by atoms with Crippen molar-refractivity contribution in [3.63, 3.8) is 0 Å². The Balaban J connectivity index is 2.54. The summed E-state index contributed by atoms with van der Waals surface area (Å²) in [6.45, 7) is 3.35. The number of hydrogen-bond donors (Lipinski definition) is 1. The summed E-state index contributed by atoms with van der Waals surface area (Å²) in [5.41, 5.74) is -1.58. The molecule has 2 rings (SSSR count). The zero-order chi connectivity index (χ0) is 15.8. The van der Waals surface area contributed by atoms with Crippen LogP contribution in [0.1, 0.15) is 26.7 Å². The van der Waals surface area contributed by atoms with Crippen LogP contribution in [0.4, 0.5) is 14.9 Å². The van der Waals surface area contributed by atoms with Gasteiger partial charge in [0.1, 0.15) is 11.2 Å². The normalized spacial score (nSPS) is 17.9. The number of carbonyl (C=O) groups is 3. The average molecular weight is 313 g/mol. The van der Waals surface area contributed by atoms with Crippen LogP contribution in [0.25, 0.3) is 0 Å². The Hall–Kier alpha value is -1.95. The SMILES string of the molecule is CCC1(CC)C(=O)NC(=O)N(c2ccc(Cl)cc2F)C1=O. The number of anilines is 1. The number of halogens is 2. The van der Waals surface area contributed by atoms with E-state index in [1.165, 1.54) is 12.1 Å². The second-order valence-electron chi connectivity index (χ2n) is 4.78. The predicted molar refractivity (Wildman–Crippen MR) is 75.4 cm³/mol. The highest BCUT2D eigenvalue weighted by atomic mass is 35.5. The van der Waals surface area contributed by atoms with E-state index in [1.807, 2.05) is 0 Å². The summed E-state index contributed by atoms with van der Waals surface area (Å²) >= 11 is 5.66. The summed E-state index contributed by atoms with van der Waals surface area (Å²) in [5, 5.41) is 2.27. The fraction of sp³-hybridized carbons (Fsp3) is 0.357. The van der Waals surface area contributed by atoms with Gasteiger partial charge in [0.05, 0.1) is 5.69 Å². The number of barbiturate groups is 1. The second-order valence-corrected chi connectivity index (χ2v) is 5.22. The van der Waals surface area contributed by atoms with Crippen molar-refractivity contribution in [1.29, 1.82) is 0 Å². The Labute approximate surface area is 126 Å². The van der Waals surface area contributed by atoms with E-state index >= 15 is 0 Å². The molecule has 1 aliphatic heterocycles. The molecular formula is C14H14ClFN2O3. The maximum Gasteiger partial charge on any atom is 0.335 e. The van der Waals surface area contributed by atoms with Crippen LogP contribution in [-0.4, -0.2) is 17.8 Å². The lowest BCUT2D eigenvalue weighted by Crippen LogP contribution is -2.64. The number of nitrogens with one attached hydrogen (secondary N) is 1. The number of carbonyl (C=O) groups excluding carboxylic acids is 3. The molecule has 112 valence electrons. The van der Waals surface area contributed by atoms with Gasteiger partial charge in [0.25, 0.3) is 5.91 Å². The molecule has 7 heteroatoms. The summed E-state index contributed by atoms with van der Waals surface area (Å²) in [7, 11) is 0. The van der Waals surface area contributed by atoms with Crippen LogP contribution in [0.2, 0.25) is 5.02 Å². The van der Waals surface area contributed by atoms with Crippen molar-refractivity contribution in [2.24, 2.45) is 5.41 Å². The highest BCUT2D eigenvalue weighted by Crippen LogP contribution is 2.35. The molecule has 1 aliphatic rings. The number of rotatable bonds is 3. The molecule has 0 radical (unpaired) electrons. The molecule has 1 saturated heterocycles. The van der Waals surface area contributed by atoms with Crippen molar-refractivity contribution in [3.05, 3.63) is 29.0 Å². The first-order valence-electron chi connectivity index (χ1n) is 6.52. The van der Waals surface area contributed by atoms with E-state index in [1.54, 1.807) is 13.8 Å². The fourth-order valence-electron chi connectivity index (χ4n) is 2.43. The van der Waals surface area contributed by atoms with Crippen molar-refractivity contribution in [1.82, 2.24) is 5.32 Å². The van der Waals surface area contributed by atoms with Crippen LogP contribution in [-0.2, 0) is 9.59 Å². The van der Waals surface area contributed by atoms with Crippen molar-refractivity contribution < 1.29 is 18.8 Å². The standard InChI is InChI=1S/C14H14ClFN2O3/c1-3-14(4-2)11(19)17-13(21)18(12(14)20)10-6-5-8(15)7-9(10)16/h5-7H,3-4H2,1-2H3,(H,17,19,21). The lowest BCUT2D eigenvalue weighted by Gasteiger charge is -2.38. The van der Waals surface area contributed by atoms with Crippen LogP contribution in [0.3, 0.4) is 0 Å². The van der Waals surface area contributed by atoms with E-state index < -0.39 is 29.1 Å². The lowest BCUT2D eigenvalue weighted by molar-refractivity contribution is -0.143. The molecular weight excluding hydrogens is 299 g/mol. The average Bonchev–Trinajstić information content (AvgIpc) is 2.42. The smallest absolute Gasteiger partial charge is 0.276 e. The van der Waals surface area contributed by atoms with Gasteiger partial charge in [-0.1, -0.05) is 25.4 Å². The van der Waals surface area contributed by atoms with E-state index in [9.17, 15) is 18.8 Å². The minimum atomic E-state index is -1.36. The molecule has 5 nitrogen and oxygen atoms in total. The number of imide groups is 2. The van der Waals surface area contributed by atoms with Gasteiger partial charge in [-0.15, -0.1) is 0 Å². The number of amides is 4. The molecule has 0 saturated carbocycles. The van der Waals surface area contributed by atoms with Crippen LogP contribution in [0, 0.1) is 11.2 Å². The molecule has 4 amide bonds. The van der Waals surface area contributed by atoms with Gasteiger partial charge in [-0.3, -0.25) is 14.9 Å². The Morgan fingerprint density at radius 1 is 1.24 bits per heavy atom. The van der Waals surface area contributed by atoms with Gasteiger partial charge < -0.3 is 0 Å². The van der Waals surface area contributed by atoms with E-state index in [2.05, 4.69) is 5.32 Å². The molecule has 0 unspecified atom stereocenters. The van der Waals surface area contributed by atoms with Gasteiger partial charge in [-0.05, 0) is 31.0 Å². The molecule has 1 N–H and O–H groups in total. The Morgan fingerprint density at radius 3 is 2.38 bits per heavy atom. The van der Waals surface area contributed by atoms with Gasteiger partial charge in [0.15, 0.2) is 0 Å². The topological polar surface area (TPSA) is 66.5 Å². The lowest BCUT2D eigenvalue weighted by atomic mass is 9.78. The molecule has 0 aliphatic carbocycles. The van der Waals surface area contributed by atoms with Gasteiger partial charge in [0.2, 0.25) is 5.91 Å². The molecule has 0 bridgehead atoms. The number of benzene rings is 1. The quantitative estimate of drug-likeness (QED) is 0.873. The molecule has 1 heterocycles. The van der Waals surface area contributed by atoms with Crippen LogP contribution >= 0.6 is 11.6 Å². The minimum absolute atomic E-state index is 0.148. The van der Waals surface area contributed by atoms with E-state index in [-0.39, 0.29) is 23.6 Å².